The van der Waals surface area contributed by atoms with Gasteiger partial charge in [0.25, 0.3) is 0 Å². The van der Waals surface area contributed by atoms with E-state index in [1.807, 2.05) is 119 Å². The molecule has 0 unspecified atom stereocenters. The summed E-state index contributed by atoms with van der Waals surface area (Å²) in [5.74, 6) is 1.85. The molecule has 0 aliphatic carbocycles. The van der Waals surface area contributed by atoms with E-state index in [4.69, 9.17) is 4.74 Å². The van der Waals surface area contributed by atoms with E-state index < -0.39 is 13.5 Å². The second-order valence-corrected chi connectivity index (χ2v) is 30.3. The minimum atomic E-state index is -2.29. The predicted molar refractivity (Wildman–Crippen MR) is 476 cm³/mol. The van der Waals surface area contributed by atoms with E-state index in [1.165, 1.54) is 132 Å². The number of ether oxygens (including phenoxy) is 1. The van der Waals surface area contributed by atoms with Crippen molar-refractivity contribution in [2.24, 2.45) is 0 Å². The van der Waals surface area contributed by atoms with Gasteiger partial charge in [-0.15, -0.1) is 0 Å². The molecule has 0 saturated carbocycles. The molecule has 0 amide bonds. The Hall–Kier alpha value is -11.4. The summed E-state index contributed by atoms with van der Waals surface area (Å²) in [6.07, 6.45) is 0. The van der Waals surface area contributed by atoms with Crippen LogP contribution in [0.3, 0.4) is 0 Å². The third-order valence-electron chi connectivity index (χ3n) is 20.9. The lowest BCUT2D eigenvalue weighted by molar-refractivity contribution is 0.434. The lowest BCUT2D eigenvalue weighted by Gasteiger charge is -2.48. The van der Waals surface area contributed by atoms with Crippen LogP contribution in [0.4, 0.5) is 45.5 Å². The highest BCUT2D eigenvalue weighted by atomic mass is 32.2. The number of anilines is 8. The summed E-state index contributed by atoms with van der Waals surface area (Å²) in [6.45, 7) is 24.0. The standard InChI is InChI=1S/C26H19NO.C26H19NS.C25H19NSi.C13H13N.6C2H6/c2*1-27-22-14-6-2-10-18(22)26(19-11-3-7-15-23(19)27)20-12-4-8-16-24(20)28-25-17-9-5-13-21(25)26;1-26-20-12-4-8-16-24(20)27(25-17-9-5-13-21(25)26)22-14-6-2-10-18(22)19-11-3-7-15-23(19)27;1-14(12-8-4-2-5-9-12)13-10-6-3-7-11-13;6*1-2/h2*2-17H,1H3;2-17H,1H3;2-11H,1H3;6*1-2H3. The van der Waals surface area contributed by atoms with Crippen molar-refractivity contribution < 1.29 is 4.74 Å². The normalized spacial score (nSPS) is 13.2. The second kappa shape index (κ2) is 36.0. The lowest BCUT2D eigenvalue weighted by atomic mass is 9.61. The zero-order valence-corrected chi connectivity index (χ0v) is 68.4. The number of para-hydroxylation sites is 10. The second-order valence-electron chi connectivity index (χ2n) is 25.5. The van der Waals surface area contributed by atoms with Crippen LogP contribution in [0.25, 0.3) is 11.1 Å². The number of rotatable bonds is 2. The van der Waals surface area contributed by atoms with Crippen LogP contribution in [0.5, 0.6) is 11.5 Å². The molecule has 0 N–H and O–H groups in total. The van der Waals surface area contributed by atoms with Crippen molar-refractivity contribution in [3.05, 3.63) is 396 Å². The molecule has 6 aliphatic rings. The molecule has 7 heteroatoms. The summed E-state index contributed by atoms with van der Waals surface area (Å²) >= 11 is 1.89. The van der Waals surface area contributed by atoms with Gasteiger partial charge in [-0.1, -0.05) is 362 Å². The highest BCUT2D eigenvalue weighted by Gasteiger charge is 2.54. The van der Waals surface area contributed by atoms with Crippen LogP contribution in [-0.4, -0.2) is 36.3 Å². The molecule has 14 aromatic rings. The SMILES string of the molecule is CC.CC.CC.CC.CC.CC.CN(c1ccccc1)c1ccccc1.CN1c2ccccc2C2(c3ccccc3Oc3ccccc32)c2ccccc21.CN1c2ccccc2C2(c3ccccc3Sc3ccccc32)c2ccccc21.CN1c2ccccc2[Si]2(c3ccccc3-c3ccccc32)c2ccccc21. The lowest BCUT2D eigenvalue weighted by Crippen LogP contribution is -2.75. The van der Waals surface area contributed by atoms with Gasteiger partial charge in [0.2, 0.25) is 0 Å². The highest BCUT2D eigenvalue weighted by Crippen LogP contribution is 2.63. The maximum absolute atomic E-state index is 6.35. The fraction of sp³-hybridized carbons (Fsp3) is 0.176. The molecule has 0 fully saturated rings. The van der Waals surface area contributed by atoms with Crippen molar-refractivity contribution in [2.75, 3.05) is 47.8 Å². The van der Waals surface area contributed by atoms with E-state index in [0.717, 1.165) is 11.5 Å². The topological polar surface area (TPSA) is 22.2 Å². The molecule has 0 saturated heterocycles. The van der Waals surface area contributed by atoms with E-state index in [-0.39, 0.29) is 5.41 Å². The maximum Gasteiger partial charge on any atom is 0.185 e. The van der Waals surface area contributed by atoms with Gasteiger partial charge in [-0.2, -0.15) is 0 Å². The third kappa shape index (κ3) is 13.6. The van der Waals surface area contributed by atoms with Gasteiger partial charge in [-0.25, -0.2) is 0 Å². The van der Waals surface area contributed by atoms with Gasteiger partial charge >= 0.3 is 0 Å². The Morgan fingerprint density at radius 2 is 0.486 bits per heavy atom. The first-order chi connectivity index (χ1) is 53.8. The van der Waals surface area contributed by atoms with Crippen molar-refractivity contribution in [1.82, 2.24) is 0 Å². The predicted octanol–water partition coefficient (Wildman–Crippen LogP) is 25.6. The molecule has 3 spiro atoms. The molecule has 14 aromatic carbocycles. The first kappa shape index (κ1) is 78.7. The summed E-state index contributed by atoms with van der Waals surface area (Å²) in [7, 11) is 6.32. The molecule has 0 aromatic heterocycles. The number of hydrogen-bond acceptors (Lipinski definition) is 6. The average Bonchev–Trinajstić information content (AvgIpc) is 1.69. The Bertz CT molecular complexity index is 4810. The van der Waals surface area contributed by atoms with Crippen molar-refractivity contribution in [1.29, 1.82) is 0 Å². The molecule has 6 heterocycles. The van der Waals surface area contributed by atoms with Crippen LogP contribution in [0, 0.1) is 0 Å². The molecule has 6 aliphatic heterocycles. The molecular formula is C102H106N4OSSi. The fourth-order valence-corrected chi connectivity index (χ4v) is 23.6. The van der Waals surface area contributed by atoms with Crippen LogP contribution < -0.4 is 45.1 Å². The summed E-state index contributed by atoms with van der Waals surface area (Å²) in [6, 6.07) is 127. The third-order valence-corrected chi connectivity index (χ3v) is 27.0. The molecular weight excluding hydrogens is 1360 g/mol. The minimum Gasteiger partial charge on any atom is -0.457 e. The van der Waals surface area contributed by atoms with Gasteiger partial charge in [-0.3, -0.25) is 0 Å². The summed E-state index contributed by atoms with van der Waals surface area (Å²) in [5.41, 5.74) is 22.7. The van der Waals surface area contributed by atoms with Gasteiger partial charge in [0, 0.05) is 94.6 Å². The van der Waals surface area contributed by atoms with E-state index in [1.54, 1.807) is 0 Å². The molecule has 0 radical (unpaired) electrons. The fourth-order valence-electron chi connectivity index (χ4n) is 16.7. The van der Waals surface area contributed by atoms with Gasteiger partial charge < -0.3 is 24.3 Å². The molecule has 0 atom stereocenters. The molecule has 20 rings (SSSR count). The molecule has 0 bridgehead atoms. The summed E-state index contributed by atoms with van der Waals surface area (Å²) in [4.78, 5) is 11.9. The van der Waals surface area contributed by atoms with E-state index >= 15 is 0 Å². The summed E-state index contributed by atoms with van der Waals surface area (Å²) in [5, 5.41) is 6.06. The Labute approximate surface area is 656 Å². The largest absolute Gasteiger partial charge is 0.457 e. The maximum atomic E-state index is 6.35. The summed E-state index contributed by atoms with van der Waals surface area (Å²) < 4.78 is 6.35. The minimum absolute atomic E-state index is 0.294. The zero-order chi connectivity index (χ0) is 77.2. The average molecular weight is 1460 g/mol. The first-order valence-electron chi connectivity index (χ1n) is 39.4. The van der Waals surface area contributed by atoms with E-state index in [0.29, 0.717) is 0 Å². The Morgan fingerprint density at radius 3 is 0.835 bits per heavy atom. The van der Waals surface area contributed by atoms with Crippen molar-refractivity contribution in [3.8, 4) is 22.6 Å². The molecule has 550 valence electrons. The van der Waals surface area contributed by atoms with Crippen LogP contribution >= 0.6 is 11.8 Å². The van der Waals surface area contributed by atoms with Crippen molar-refractivity contribution in [2.45, 2.75) is 104 Å². The zero-order valence-electron chi connectivity index (χ0n) is 66.6. The Morgan fingerprint density at radius 1 is 0.248 bits per heavy atom. The van der Waals surface area contributed by atoms with Crippen LogP contribution in [0.2, 0.25) is 0 Å². The first-order valence-corrected chi connectivity index (χ1v) is 42.2. The quantitative estimate of drug-likeness (QED) is 0.160. The van der Waals surface area contributed by atoms with Crippen molar-refractivity contribution in [3.63, 3.8) is 0 Å². The van der Waals surface area contributed by atoms with Crippen LogP contribution in [-0.2, 0) is 10.8 Å². The van der Waals surface area contributed by atoms with Crippen molar-refractivity contribution >= 4 is 86.1 Å². The molecule has 109 heavy (non-hydrogen) atoms. The van der Waals surface area contributed by atoms with E-state index in [2.05, 4.69) is 375 Å². The van der Waals surface area contributed by atoms with Gasteiger partial charge in [0.05, 0.1) is 10.8 Å². The van der Waals surface area contributed by atoms with Crippen LogP contribution in [0.15, 0.2) is 362 Å². The Balaban J connectivity index is 0.000000141. The van der Waals surface area contributed by atoms with Gasteiger partial charge in [0.1, 0.15) is 11.5 Å². The van der Waals surface area contributed by atoms with Gasteiger partial charge in [-0.05, 0) is 150 Å². The van der Waals surface area contributed by atoms with Crippen LogP contribution in [0.1, 0.15) is 128 Å². The van der Waals surface area contributed by atoms with E-state index in [9.17, 15) is 0 Å². The number of benzene rings is 14. The Kier molecular flexibility index (Phi) is 26.0. The van der Waals surface area contributed by atoms with Gasteiger partial charge in [0.15, 0.2) is 8.07 Å². The number of fused-ring (bicyclic) bond motifs is 25. The highest BCUT2D eigenvalue weighted by molar-refractivity contribution is 7.99. The molecule has 5 nitrogen and oxygen atoms in total. The number of hydrogen-bond donors (Lipinski definition) is 0. The monoisotopic (exact) mass is 1460 g/mol. The smallest absolute Gasteiger partial charge is 0.185 e. The number of nitrogens with zero attached hydrogens (tertiary/aromatic N) is 4.